The Morgan fingerprint density at radius 2 is 1.93 bits per heavy atom. The first-order chi connectivity index (χ1) is 13.3. The van der Waals surface area contributed by atoms with E-state index in [1.807, 2.05) is 53.9 Å². The van der Waals surface area contributed by atoms with Crippen LogP contribution in [0.4, 0.5) is 0 Å². The molecule has 1 saturated heterocycles. The van der Waals surface area contributed by atoms with Gasteiger partial charge in [-0.05, 0) is 57.1 Å². The number of likely N-dealkylation sites (tertiary alicyclic amines) is 1. The highest BCUT2D eigenvalue weighted by Crippen LogP contribution is 2.30. The second-order valence-electron chi connectivity index (χ2n) is 6.98. The van der Waals surface area contributed by atoms with Gasteiger partial charge in [0.05, 0.1) is 23.2 Å². The molecule has 3 heterocycles. The van der Waals surface area contributed by atoms with E-state index in [9.17, 15) is 4.79 Å². The van der Waals surface area contributed by atoms with Crippen LogP contribution in [0, 0.1) is 0 Å². The largest absolute Gasteiger partial charge is 0.492 e. The minimum absolute atomic E-state index is 0.282. The van der Waals surface area contributed by atoms with Crippen molar-refractivity contribution < 1.29 is 14.3 Å². The molecule has 27 heavy (non-hydrogen) atoms. The van der Waals surface area contributed by atoms with Crippen molar-refractivity contribution in [2.45, 2.75) is 26.2 Å². The van der Waals surface area contributed by atoms with Crippen molar-refractivity contribution in [3.63, 3.8) is 0 Å². The van der Waals surface area contributed by atoms with Crippen molar-refractivity contribution in [1.29, 1.82) is 0 Å². The van der Waals surface area contributed by atoms with E-state index in [4.69, 9.17) is 9.47 Å². The maximum absolute atomic E-state index is 12.5. The molecule has 0 N–H and O–H groups in total. The van der Waals surface area contributed by atoms with Gasteiger partial charge in [0.25, 0.3) is 0 Å². The van der Waals surface area contributed by atoms with Gasteiger partial charge in [0.15, 0.2) is 0 Å². The third-order valence-corrected chi connectivity index (χ3v) is 5.22. The summed E-state index contributed by atoms with van der Waals surface area (Å²) in [4.78, 5) is 15.0. The SMILES string of the molecule is CCOC(=O)c1c2ccc(OCCN3CCCCC3)cc2n2ccccc12. The first-order valence-electron chi connectivity index (χ1n) is 9.83. The lowest BCUT2D eigenvalue weighted by Crippen LogP contribution is -2.33. The Balaban J connectivity index is 1.60. The first kappa shape index (κ1) is 17.9. The van der Waals surface area contributed by atoms with Crippen LogP contribution in [0.25, 0.3) is 16.4 Å². The van der Waals surface area contributed by atoms with E-state index in [1.165, 1.54) is 32.4 Å². The number of aromatic nitrogens is 1. The Labute approximate surface area is 159 Å². The number of carbonyl (C=O) groups excluding carboxylic acids is 1. The summed E-state index contributed by atoms with van der Waals surface area (Å²) in [5, 5.41) is 0.892. The quantitative estimate of drug-likeness (QED) is 0.615. The molecule has 1 aliphatic heterocycles. The van der Waals surface area contributed by atoms with Crippen molar-refractivity contribution in [3.8, 4) is 5.75 Å². The number of rotatable bonds is 6. The highest BCUT2D eigenvalue weighted by molar-refractivity contribution is 6.11. The molecule has 1 aliphatic rings. The van der Waals surface area contributed by atoms with Crippen molar-refractivity contribution in [2.24, 2.45) is 0 Å². The molecular formula is C22H26N2O3. The Morgan fingerprint density at radius 3 is 2.74 bits per heavy atom. The molecule has 4 rings (SSSR count). The number of fused-ring (bicyclic) bond motifs is 3. The zero-order valence-electron chi connectivity index (χ0n) is 15.8. The Kier molecular flexibility index (Phi) is 5.30. The fourth-order valence-electron chi connectivity index (χ4n) is 3.90. The van der Waals surface area contributed by atoms with Gasteiger partial charge in [0.1, 0.15) is 12.4 Å². The predicted octanol–water partition coefficient (Wildman–Crippen LogP) is 4.13. The number of esters is 1. The second-order valence-corrected chi connectivity index (χ2v) is 6.98. The highest BCUT2D eigenvalue weighted by atomic mass is 16.5. The summed E-state index contributed by atoms with van der Waals surface area (Å²) >= 11 is 0. The van der Waals surface area contributed by atoms with E-state index in [2.05, 4.69) is 4.90 Å². The molecule has 0 aliphatic carbocycles. The summed E-state index contributed by atoms with van der Waals surface area (Å²) in [6, 6.07) is 11.8. The van der Waals surface area contributed by atoms with E-state index in [1.54, 1.807) is 0 Å². The fraction of sp³-hybridized carbons (Fsp3) is 0.409. The molecule has 0 atom stereocenters. The molecule has 0 saturated carbocycles. The molecule has 3 aromatic rings. The lowest BCUT2D eigenvalue weighted by atomic mass is 10.1. The zero-order chi connectivity index (χ0) is 18.6. The monoisotopic (exact) mass is 366 g/mol. The molecule has 1 aromatic carbocycles. The van der Waals surface area contributed by atoms with Crippen molar-refractivity contribution in [1.82, 2.24) is 9.30 Å². The van der Waals surface area contributed by atoms with E-state index >= 15 is 0 Å². The second kappa shape index (κ2) is 8.01. The number of carbonyl (C=O) groups is 1. The summed E-state index contributed by atoms with van der Waals surface area (Å²) in [5.41, 5.74) is 2.44. The van der Waals surface area contributed by atoms with Crippen LogP contribution in [-0.4, -0.2) is 48.1 Å². The number of pyridine rings is 1. The lowest BCUT2D eigenvalue weighted by molar-refractivity contribution is 0.0531. The molecule has 1 fully saturated rings. The first-order valence-corrected chi connectivity index (χ1v) is 9.83. The smallest absolute Gasteiger partial charge is 0.340 e. The molecule has 0 amide bonds. The number of ether oxygens (including phenoxy) is 2. The van der Waals surface area contributed by atoms with Crippen LogP contribution in [-0.2, 0) is 4.74 Å². The van der Waals surface area contributed by atoms with Crippen LogP contribution in [0.2, 0.25) is 0 Å². The summed E-state index contributed by atoms with van der Waals surface area (Å²) in [7, 11) is 0. The molecule has 5 nitrogen and oxygen atoms in total. The van der Waals surface area contributed by atoms with Gasteiger partial charge in [0, 0.05) is 24.2 Å². The van der Waals surface area contributed by atoms with Crippen LogP contribution in [0.15, 0.2) is 42.6 Å². The zero-order valence-corrected chi connectivity index (χ0v) is 15.8. The number of piperidine rings is 1. The van der Waals surface area contributed by atoms with Crippen LogP contribution < -0.4 is 4.74 Å². The van der Waals surface area contributed by atoms with Crippen LogP contribution in [0.3, 0.4) is 0 Å². The fourth-order valence-corrected chi connectivity index (χ4v) is 3.90. The number of hydrogen-bond acceptors (Lipinski definition) is 4. The van der Waals surface area contributed by atoms with Gasteiger partial charge in [-0.3, -0.25) is 4.90 Å². The van der Waals surface area contributed by atoms with E-state index in [-0.39, 0.29) is 5.97 Å². The minimum Gasteiger partial charge on any atom is -0.492 e. The Hall–Kier alpha value is -2.53. The Bertz CT molecular complexity index is 941. The van der Waals surface area contributed by atoms with Gasteiger partial charge < -0.3 is 13.9 Å². The van der Waals surface area contributed by atoms with Gasteiger partial charge in [-0.2, -0.15) is 0 Å². The maximum Gasteiger partial charge on any atom is 0.340 e. The van der Waals surface area contributed by atoms with E-state index < -0.39 is 0 Å². The van der Waals surface area contributed by atoms with Gasteiger partial charge >= 0.3 is 5.97 Å². The van der Waals surface area contributed by atoms with E-state index in [0.29, 0.717) is 18.8 Å². The average molecular weight is 366 g/mol. The molecule has 0 radical (unpaired) electrons. The standard InChI is InChI=1S/C22H26N2O3/c1-2-26-22(25)21-18-10-9-17(27-15-14-23-11-5-3-6-12-23)16-20(18)24-13-7-4-8-19(21)24/h4,7-10,13,16H,2-3,5-6,11-12,14-15H2,1H3. The van der Waals surface area contributed by atoms with Gasteiger partial charge in [-0.15, -0.1) is 0 Å². The van der Waals surface area contributed by atoms with Crippen molar-refractivity contribution in [3.05, 3.63) is 48.2 Å². The molecule has 2 aromatic heterocycles. The van der Waals surface area contributed by atoms with Crippen LogP contribution in [0.1, 0.15) is 36.5 Å². The van der Waals surface area contributed by atoms with Gasteiger partial charge in [0.2, 0.25) is 0 Å². The number of nitrogens with zero attached hydrogens (tertiary/aromatic N) is 2. The highest BCUT2D eigenvalue weighted by Gasteiger charge is 2.19. The van der Waals surface area contributed by atoms with Crippen molar-refractivity contribution in [2.75, 3.05) is 32.8 Å². The molecule has 0 spiro atoms. The third-order valence-electron chi connectivity index (χ3n) is 5.22. The minimum atomic E-state index is -0.282. The average Bonchev–Trinajstić information content (AvgIpc) is 3.03. The van der Waals surface area contributed by atoms with Crippen LogP contribution >= 0.6 is 0 Å². The molecule has 0 bridgehead atoms. The predicted molar refractivity (Wildman–Crippen MR) is 107 cm³/mol. The van der Waals surface area contributed by atoms with E-state index in [0.717, 1.165) is 28.7 Å². The summed E-state index contributed by atoms with van der Waals surface area (Å²) < 4.78 is 13.3. The van der Waals surface area contributed by atoms with Gasteiger partial charge in [-0.1, -0.05) is 12.5 Å². The topological polar surface area (TPSA) is 43.2 Å². The van der Waals surface area contributed by atoms with Crippen molar-refractivity contribution >= 4 is 22.4 Å². The Morgan fingerprint density at radius 1 is 1.07 bits per heavy atom. The third kappa shape index (κ3) is 3.65. The molecular weight excluding hydrogens is 340 g/mol. The number of hydrogen-bond donors (Lipinski definition) is 0. The maximum atomic E-state index is 12.5. The summed E-state index contributed by atoms with van der Waals surface area (Å²) in [6.45, 7) is 6.18. The normalized spacial score (nSPS) is 15.3. The summed E-state index contributed by atoms with van der Waals surface area (Å²) in [5.74, 6) is 0.549. The van der Waals surface area contributed by atoms with Gasteiger partial charge in [-0.25, -0.2) is 4.79 Å². The molecule has 0 unspecified atom stereocenters. The lowest BCUT2D eigenvalue weighted by Gasteiger charge is -2.26. The van der Waals surface area contributed by atoms with Crippen LogP contribution in [0.5, 0.6) is 5.75 Å². The molecule has 5 heteroatoms. The number of benzene rings is 1. The summed E-state index contributed by atoms with van der Waals surface area (Å²) in [6.07, 6.45) is 5.90. The molecule has 142 valence electrons.